The van der Waals surface area contributed by atoms with Gasteiger partial charge >= 0.3 is 6.09 Å². The van der Waals surface area contributed by atoms with Crippen molar-refractivity contribution < 1.29 is 14.7 Å². The number of nitrogens with two attached hydrogens (primary N) is 1. The first-order valence-electron chi connectivity index (χ1n) is 9.45. The first kappa shape index (κ1) is 19.9. The molecule has 3 N–H and O–H groups in total. The second-order valence-corrected chi connectivity index (χ2v) is 7.50. The fraction of sp³-hybridized carbons (Fsp3) is 0.450. The van der Waals surface area contributed by atoms with Crippen LogP contribution in [0.4, 0.5) is 4.79 Å². The summed E-state index contributed by atoms with van der Waals surface area (Å²) in [6.45, 7) is 6.50. The normalized spacial score (nSPS) is 18.4. The predicted octanol–water partition coefficient (Wildman–Crippen LogP) is 2.03. The van der Waals surface area contributed by atoms with Crippen molar-refractivity contribution in [3.63, 3.8) is 0 Å². The number of hydrogen-bond donors (Lipinski definition) is 2. The van der Waals surface area contributed by atoms with Gasteiger partial charge in [-0.3, -0.25) is 9.69 Å². The van der Waals surface area contributed by atoms with Crippen LogP contribution >= 0.6 is 0 Å². The van der Waals surface area contributed by atoms with Gasteiger partial charge in [-0.05, 0) is 31.0 Å². The van der Waals surface area contributed by atoms with Crippen LogP contribution in [-0.2, 0) is 4.79 Å². The Bertz CT molecular complexity index is 849. The van der Waals surface area contributed by atoms with Crippen molar-refractivity contribution in [2.75, 3.05) is 19.6 Å². The quantitative estimate of drug-likeness (QED) is 0.838. The number of rotatable bonds is 4. The molecule has 1 unspecified atom stereocenters. The summed E-state index contributed by atoms with van der Waals surface area (Å²) in [7, 11) is 0. The molecule has 1 aromatic heterocycles. The van der Waals surface area contributed by atoms with E-state index < -0.39 is 18.2 Å². The van der Waals surface area contributed by atoms with Crippen LogP contribution < -0.4 is 5.73 Å². The van der Waals surface area contributed by atoms with Gasteiger partial charge in [0.05, 0.1) is 29.2 Å². The van der Waals surface area contributed by atoms with Gasteiger partial charge in [0.2, 0.25) is 5.91 Å². The van der Waals surface area contributed by atoms with E-state index in [1.807, 2.05) is 57.2 Å². The van der Waals surface area contributed by atoms with Crippen LogP contribution in [0.15, 0.2) is 36.4 Å². The number of aromatic nitrogens is 2. The van der Waals surface area contributed by atoms with Gasteiger partial charge < -0.3 is 15.7 Å². The van der Waals surface area contributed by atoms with E-state index >= 15 is 0 Å². The van der Waals surface area contributed by atoms with Crippen molar-refractivity contribution >= 4 is 12.0 Å². The van der Waals surface area contributed by atoms with E-state index in [-0.39, 0.29) is 24.9 Å². The van der Waals surface area contributed by atoms with Crippen molar-refractivity contribution in [1.29, 1.82) is 0 Å². The summed E-state index contributed by atoms with van der Waals surface area (Å²) < 4.78 is 1.76. The molecule has 8 heteroatoms. The Morgan fingerprint density at radius 1 is 1.21 bits per heavy atom. The largest absolute Gasteiger partial charge is 0.465 e. The lowest BCUT2D eigenvalue weighted by molar-refractivity contribution is -0.136. The summed E-state index contributed by atoms with van der Waals surface area (Å²) in [4.78, 5) is 27.7. The van der Waals surface area contributed by atoms with Crippen LogP contribution in [0.25, 0.3) is 5.69 Å². The van der Waals surface area contributed by atoms with Gasteiger partial charge in [0, 0.05) is 19.6 Å². The molecule has 0 spiro atoms. The molecule has 2 amide bonds. The van der Waals surface area contributed by atoms with Crippen molar-refractivity contribution in [2.45, 2.75) is 32.9 Å². The number of amides is 2. The molecule has 150 valence electrons. The van der Waals surface area contributed by atoms with E-state index in [1.165, 1.54) is 4.90 Å². The molecular weight excluding hydrogens is 358 g/mol. The van der Waals surface area contributed by atoms with Crippen molar-refractivity contribution in [3.05, 3.63) is 47.8 Å². The standard InChI is InChI=1S/C20H27N5O3/c1-13(2)18(21)19(26)23-9-10-24(20(27)28)17(12-23)16-11-14(3)22-25(16)15-7-5-4-6-8-15/h4-8,11,13,17-18H,9-10,12,21H2,1-3H3,(H,27,28)/t17-,18?/m0/s1. The van der Waals surface area contributed by atoms with Gasteiger partial charge in [-0.15, -0.1) is 0 Å². The number of aryl methyl sites for hydroxylation is 1. The zero-order valence-corrected chi connectivity index (χ0v) is 16.4. The number of benzene rings is 1. The lowest BCUT2D eigenvalue weighted by Gasteiger charge is -2.41. The molecule has 3 rings (SSSR count). The molecule has 0 bridgehead atoms. The van der Waals surface area contributed by atoms with Gasteiger partial charge in [-0.2, -0.15) is 5.10 Å². The second-order valence-electron chi connectivity index (χ2n) is 7.50. The first-order chi connectivity index (χ1) is 13.3. The molecule has 28 heavy (non-hydrogen) atoms. The maximum Gasteiger partial charge on any atom is 0.407 e. The third-order valence-corrected chi connectivity index (χ3v) is 5.14. The Morgan fingerprint density at radius 2 is 1.89 bits per heavy atom. The van der Waals surface area contributed by atoms with Crippen LogP contribution in [0.5, 0.6) is 0 Å². The molecule has 1 fully saturated rings. The Kier molecular flexibility index (Phi) is 5.69. The fourth-order valence-electron chi connectivity index (χ4n) is 3.49. The molecule has 0 radical (unpaired) electrons. The third kappa shape index (κ3) is 3.87. The molecule has 1 aliphatic rings. The summed E-state index contributed by atoms with van der Waals surface area (Å²) in [6, 6.07) is 10.3. The van der Waals surface area contributed by atoms with E-state index in [9.17, 15) is 14.7 Å². The maximum absolute atomic E-state index is 12.8. The monoisotopic (exact) mass is 385 g/mol. The van der Waals surface area contributed by atoms with E-state index in [2.05, 4.69) is 5.10 Å². The average molecular weight is 385 g/mol. The summed E-state index contributed by atoms with van der Waals surface area (Å²) in [5, 5.41) is 14.3. The third-order valence-electron chi connectivity index (χ3n) is 5.14. The molecule has 2 atom stereocenters. The molecule has 2 aromatic rings. The predicted molar refractivity (Wildman–Crippen MR) is 105 cm³/mol. The molecular formula is C20H27N5O3. The summed E-state index contributed by atoms with van der Waals surface area (Å²) in [5.41, 5.74) is 8.42. The molecule has 0 saturated carbocycles. The highest BCUT2D eigenvalue weighted by Gasteiger charge is 2.37. The zero-order valence-electron chi connectivity index (χ0n) is 16.4. The highest BCUT2D eigenvalue weighted by Crippen LogP contribution is 2.28. The maximum atomic E-state index is 12.8. The van der Waals surface area contributed by atoms with Gasteiger partial charge in [0.25, 0.3) is 0 Å². The molecule has 1 saturated heterocycles. The molecule has 1 aromatic carbocycles. The first-order valence-corrected chi connectivity index (χ1v) is 9.45. The smallest absolute Gasteiger partial charge is 0.407 e. The minimum atomic E-state index is -1.01. The van der Waals surface area contributed by atoms with Gasteiger partial charge in [0.1, 0.15) is 0 Å². The minimum absolute atomic E-state index is 0.0144. The van der Waals surface area contributed by atoms with Crippen molar-refractivity contribution in [3.8, 4) is 5.69 Å². The number of hydrogen-bond acceptors (Lipinski definition) is 4. The number of carboxylic acid groups (broad SMARTS) is 1. The summed E-state index contributed by atoms with van der Waals surface area (Å²) >= 11 is 0. The van der Waals surface area contributed by atoms with Crippen LogP contribution in [0.3, 0.4) is 0 Å². The Hall–Kier alpha value is -2.87. The number of nitrogens with zero attached hydrogens (tertiary/aromatic N) is 4. The minimum Gasteiger partial charge on any atom is -0.465 e. The molecule has 0 aliphatic carbocycles. The van der Waals surface area contributed by atoms with Crippen molar-refractivity contribution in [2.24, 2.45) is 11.7 Å². The molecule has 8 nitrogen and oxygen atoms in total. The molecule has 2 heterocycles. The number of piperazine rings is 1. The zero-order chi connectivity index (χ0) is 20.4. The topological polar surface area (TPSA) is 105 Å². The second kappa shape index (κ2) is 8.02. The number of carbonyl (C=O) groups excluding carboxylic acids is 1. The van der Waals surface area contributed by atoms with Crippen LogP contribution in [0.1, 0.15) is 31.3 Å². The summed E-state index contributed by atoms with van der Waals surface area (Å²) in [6.07, 6.45) is -1.01. The van der Waals surface area contributed by atoms with Crippen LogP contribution in [0.2, 0.25) is 0 Å². The van der Waals surface area contributed by atoms with E-state index in [0.717, 1.165) is 17.1 Å². The van der Waals surface area contributed by atoms with E-state index in [4.69, 9.17) is 5.73 Å². The average Bonchev–Trinajstić information content (AvgIpc) is 3.08. The highest BCUT2D eigenvalue weighted by atomic mass is 16.4. The number of para-hydroxylation sites is 1. The van der Waals surface area contributed by atoms with E-state index in [0.29, 0.717) is 6.54 Å². The van der Waals surface area contributed by atoms with Crippen LogP contribution in [0, 0.1) is 12.8 Å². The summed E-state index contributed by atoms with van der Waals surface area (Å²) in [5.74, 6) is -0.131. The lowest BCUT2D eigenvalue weighted by atomic mass is 10.0. The lowest BCUT2D eigenvalue weighted by Crippen LogP contribution is -2.56. The Labute approximate surface area is 164 Å². The van der Waals surface area contributed by atoms with Gasteiger partial charge in [-0.1, -0.05) is 32.0 Å². The van der Waals surface area contributed by atoms with Gasteiger partial charge in [-0.25, -0.2) is 9.48 Å². The van der Waals surface area contributed by atoms with Gasteiger partial charge in [0.15, 0.2) is 0 Å². The SMILES string of the molecule is Cc1cc([C@@H]2CN(C(=O)C(N)C(C)C)CCN2C(=O)O)n(-c2ccccc2)n1. The van der Waals surface area contributed by atoms with Crippen molar-refractivity contribution in [1.82, 2.24) is 19.6 Å². The van der Waals surface area contributed by atoms with Crippen LogP contribution in [-0.4, -0.2) is 62.4 Å². The Morgan fingerprint density at radius 3 is 2.50 bits per heavy atom. The fourth-order valence-corrected chi connectivity index (χ4v) is 3.49. The Balaban J connectivity index is 1.97. The number of carbonyl (C=O) groups is 2. The molecule has 1 aliphatic heterocycles. The van der Waals surface area contributed by atoms with E-state index in [1.54, 1.807) is 9.58 Å². The highest BCUT2D eigenvalue weighted by molar-refractivity contribution is 5.82.